The van der Waals surface area contributed by atoms with Gasteiger partial charge in [-0.2, -0.15) is 0 Å². The Morgan fingerprint density at radius 3 is 2.73 bits per heavy atom. The molecule has 26 heavy (non-hydrogen) atoms. The van der Waals surface area contributed by atoms with Gasteiger partial charge >= 0.3 is 0 Å². The number of fused-ring (bicyclic) bond motifs is 1. The number of hydrogen-bond acceptors (Lipinski definition) is 4. The van der Waals surface area contributed by atoms with Crippen LogP contribution in [0.3, 0.4) is 0 Å². The Morgan fingerprint density at radius 1 is 1.04 bits per heavy atom. The highest BCUT2D eigenvalue weighted by molar-refractivity contribution is 5.79. The Balaban J connectivity index is 1.32. The lowest BCUT2D eigenvalue weighted by Crippen LogP contribution is -2.34. The fourth-order valence-electron chi connectivity index (χ4n) is 3.09. The fourth-order valence-corrected chi connectivity index (χ4v) is 3.09. The van der Waals surface area contributed by atoms with Gasteiger partial charge in [-0.15, -0.1) is 0 Å². The third-order valence-electron chi connectivity index (χ3n) is 4.46. The molecule has 2 heterocycles. The van der Waals surface area contributed by atoms with Crippen LogP contribution in [-0.2, 0) is 4.79 Å². The van der Waals surface area contributed by atoms with E-state index in [4.69, 9.17) is 9.47 Å². The van der Waals surface area contributed by atoms with Crippen molar-refractivity contribution in [3.05, 3.63) is 66.7 Å². The Kier molecular flexibility index (Phi) is 4.69. The van der Waals surface area contributed by atoms with Gasteiger partial charge in [0.25, 0.3) is 5.91 Å². The van der Waals surface area contributed by atoms with E-state index in [-0.39, 0.29) is 18.6 Å². The number of pyridine rings is 1. The molecule has 0 aliphatic carbocycles. The monoisotopic (exact) mass is 348 g/mol. The molecule has 1 unspecified atom stereocenters. The van der Waals surface area contributed by atoms with Crippen molar-refractivity contribution in [3.8, 4) is 11.6 Å². The number of para-hydroxylation sites is 2. The average molecular weight is 348 g/mol. The molecule has 132 valence electrons. The van der Waals surface area contributed by atoms with Crippen LogP contribution in [0, 0.1) is 0 Å². The molecule has 1 amide bonds. The molecule has 4 rings (SSSR count). The maximum atomic E-state index is 12.3. The smallest absolute Gasteiger partial charge is 0.260 e. The second-order valence-corrected chi connectivity index (χ2v) is 6.31. The summed E-state index contributed by atoms with van der Waals surface area (Å²) in [6, 6.07) is 21.2. The predicted molar refractivity (Wildman–Crippen MR) is 99.3 cm³/mol. The molecule has 1 aromatic heterocycles. The van der Waals surface area contributed by atoms with Gasteiger partial charge in [0, 0.05) is 24.4 Å². The summed E-state index contributed by atoms with van der Waals surface area (Å²) in [6.07, 6.45) is 0.760. The zero-order chi connectivity index (χ0) is 17.8. The second kappa shape index (κ2) is 7.44. The van der Waals surface area contributed by atoms with Gasteiger partial charge in [-0.05, 0) is 24.3 Å². The second-order valence-electron chi connectivity index (χ2n) is 6.31. The predicted octanol–water partition coefficient (Wildman–Crippen LogP) is 3.29. The van der Waals surface area contributed by atoms with Gasteiger partial charge in [-0.3, -0.25) is 4.79 Å². The molecule has 1 aliphatic heterocycles. The first-order chi connectivity index (χ1) is 12.8. The molecule has 0 spiro atoms. The van der Waals surface area contributed by atoms with Crippen molar-refractivity contribution in [1.29, 1.82) is 0 Å². The summed E-state index contributed by atoms with van der Waals surface area (Å²) in [7, 11) is 0. The molecule has 5 nitrogen and oxygen atoms in total. The molecule has 2 aromatic carbocycles. The van der Waals surface area contributed by atoms with Crippen molar-refractivity contribution in [2.75, 3.05) is 19.7 Å². The minimum absolute atomic E-state index is 0.0218. The molecule has 5 heteroatoms. The van der Waals surface area contributed by atoms with Gasteiger partial charge in [0.1, 0.15) is 11.9 Å². The highest BCUT2D eigenvalue weighted by Crippen LogP contribution is 2.20. The van der Waals surface area contributed by atoms with Crippen LogP contribution in [0.2, 0.25) is 0 Å². The largest absolute Gasteiger partial charge is 0.484 e. The highest BCUT2D eigenvalue weighted by Gasteiger charge is 2.28. The maximum absolute atomic E-state index is 12.3. The van der Waals surface area contributed by atoms with E-state index in [9.17, 15) is 4.79 Å². The topological polar surface area (TPSA) is 51.7 Å². The summed E-state index contributed by atoms with van der Waals surface area (Å²) in [4.78, 5) is 18.6. The van der Waals surface area contributed by atoms with E-state index < -0.39 is 0 Å². The number of carbonyl (C=O) groups excluding carboxylic acids is 1. The molecule has 3 aromatic rings. The summed E-state index contributed by atoms with van der Waals surface area (Å²) in [6.45, 7) is 1.28. The number of amides is 1. The van der Waals surface area contributed by atoms with Crippen molar-refractivity contribution in [1.82, 2.24) is 9.88 Å². The van der Waals surface area contributed by atoms with Crippen molar-refractivity contribution in [2.45, 2.75) is 12.5 Å². The normalized spacial score (nSPS) is 16.6. The van der Waals surface area contributed by atoms with Crippen molar-refractivity contribution < 1.29 is 14.3 Å². The third-order valence-corrected chi connectivity index (χ3v) is 4.46. The van der Waals surface area contributed by atoms with Gasteiger partial charge < -0.3 is 14.4 Å². The van der Waals surface area contributed by atoms with E-state index in [2.05, 4.69) is 4.98 Å². The highest BCUT2D eigenvalue weighted by atomic mass is 16.5. The lowest BCUT2D eigenvalue weighted by molar-refractivity contribution is -0.132. The number of ether oxygens (including phenoxy) is 2. The number of rotatable bonds is 5. The first kappa shape index (κ1) is 16.4. The molecule has 1 fully saturated rings. The van der Waals surface area contributed by atoms with E-state index in [0.717, 1.165) is 17.3 Å². The van der Waals surface area contributed by atoms with Crippen LogP contribution in [0.15, 0.2) is 66.7 Å². The van der Waals surface area contributed by atoms with Crippen LogP contribution in [0.5, 0.6) is 11.6 Å². The lowest BCUT2D eigenvalue weighted by atomic mass is 10.2. The summed E-state index contributed by atoms with van der Waals surface area (Å²) in [5, 5.41) is 1.08. The number of carbonyl (C=O) groups is 1. The molecule has 0 saturated carbocycles. The van der Waals surface area contributed by atoms with Crippen LogP contribution in [0.4, 0.5) is 0 Å². The van der Waals surface area contributed by atoms with Gasteiger partial charge in [-0.1, -0.05) is 36.4 Å². The van der Waals surface area contributed by atoms with E-state index >= 15 is 0 Å². The van der Waals surface area contributed by atoms with Crippen LogP contribution < -0.4 is 9.47 Å². The van der Waals surface area contributed by atoms with E-state index in [1.165, 1.54) is 0 Å². The van der Waals surface area contributed by atoms with Crippen molar-refractivity contribution >= 4 is 16.8 Å². The Labute approximate surface area is 152 Å². The summed E-state index contributed by atoms with van der Waals surface area (Å²) in [5.74, 6) is 1.28. The van der Waals surface area contributed by atoms with E-state index in [1.807, 2.05) is 66.7 Å². The summed E-state index contributed by atoms with van der Waals surface area (Å²) in [5.41, 5.74) is 0.909. The minimum Gasteiger partial charge on any atom is -0.484 e. The van der Waals surface area contributed by atoms with Gasteiger partial charge in [-0.25, -0.2) is 4.98 Å². The van der Waals surface area contributed by atoms with Crippen LogP contribution in [-0.4, -0.2) is 41.6 Å². The van der Waals surface area contributed by atoms with Gasteiger partial charge in [0.05, 0.1) is 12.1 Å². The summed E-state index contributed by atoms with van der Waals surface area (Å²) >= 11 is 0. The van der Waals surface area contributed by atoms with Crippen molar-refractivity contribution in [3.63, 3.8) is 0 Å². The van der Waals surface area contributed by atoms with Crippen molar-refractivity contribution in [2.24, 2.45) is 0 Å². The Hall–Kier alpha value is -3.08. The zero-order valence-electron chi connectivity index (χ0n) is 14.4. The Morgan fingerprint density at radius 2 is 1.85 bits per heavy atom. The summed E-state index contributed by atoms with van der Waals surface area (Å²) < 4.78 is 11.5. The molecule has 1 saturated heterocycles. The minimum atomic E-state index is -0.0377. The molecule has 0 N–H and O–H groups in total. The molecular formula is C21H20N2O3. The maximum Gasteiger partial charge on any atom is 0.260 e. The standard InChI is InChI=1S/C21H20N2O3/c24-21(15-25-17-7-2-1-3-8-17)23-13-12-18(14-23)26-20-11-10-16-6-4-5-9-19(16)22-20/h1-11,18H,12-15H2. The third kappa shape index (κ3) is 3.77. The van der Waals surface area contributed by atoms with Gasteiger partial charge in [0.15, 0.2) is 6.61 Å². The number of aromatic nitrogens is 1. The SMILES string of the molecule is O=C(COc1ccccc1)N1CCC(Oc2ccc3ccccc3n2)C1. The molecular weight excluding hydrogens is 328 g/mol. The Bertz CT molecular complexity index is 898. The van der Waals surface area contributed by atoms with Crippen LogP contribution in [0.1, 0.15) is 6.42 Å². The van der Waals surface area contributed by atoms with Gasteiger partial charge in [0.2, 0.25) is 5.88 Å². The zero-order valence-corrected chi connectivity index (χ0v) is 14.4. The first-order valence-electron chi connectivity index (χ1n) is 8.76. The van der Waals surface area contributed by atoms with Crippen LogP contribution >= 0.6 is 0 Å². The molecule has 1 atom stereocenters. The lowest BCUT2D eigenvalue weighted by Gasteiger charge is -2.17. The van der Waals surface area contributed by atoms with E-state index in [1.54, 1.807) is 4.90 Å². The number of benzene rings is 2. The quantitative estimate of drug-likeness (QED) is 0.710. The molecule has 1 aliphatic rings. The van der Waals surface area contributed by atoms with E-state index in [0.29, 0.717) is 24.7 Å². The van der Waals surface area contributed by atoms with Crippen LogP contribution in [0.25, 0.3) is 10.9 Å². The first-order valence-corrected chi connectivity index (χ1v) is 8.76. The number of likely N-dealkylation sites (tertiary alicyclic amines) is 1. The molecule has 0 radical (unpaired) electrons. The number of hydrogen-bond donors (Lipinski definition) is 0. The number of nitrogens with zero attached hydrogens (tertiary/aromatic N) is 2. The average Bonchev–Trinajstić information content (AvgIpc) is 3.15. The molecule has 0 bridgehead atoms. The fraction of sp³-hybridized carbons (Fsp3) is 0.238.